The van der Waals surface area contributed by atoms with Crippen LogP contribution in [0.25, 0.3) is 0 Å². The summed E-state index contributed by atoms with van der Waals surface area (Å²) in [4.78, 5) is 47.5. The van der Waals surface area contributed by atoms with E-state index in [0.29, 0.717) is 12.3 Å². The number of carbonyl (C=O) groups excluding carboxylic acids is 3. The lowest BCUT2D eigenvalue weighted by Gasteiger charge is -2.30. The van der Waals surface area contributed by atoms with E-state index < -0.39 is 5.41 Å². The molecule has 4 rings (SSSR count). The Kier molecular flexibility index (Phi) is 6.96. The Balaban J connectivity index is 1.63. The molecule has 1 aliphatic heterocycles. The number of imide groups is 1. The van der Waals surface area contributed by atoms with Crippen LogP contribution in [0.15, 0.2) is 73.1 Å². The molecule has 7 heteroatoms. The number of methoxy groups -OCH3 is 1. The monoisotopic (exact) mass is 471 g/mol. The Morgan fingerprint density at radius 1 is 1.09 bits per heavy atom. The molecule has 0 aliphatic carbocycles. The van der Waals surface area contributed by atoms with Crippen LogP contribution in [0.1, 0.15) is 35.1 Å². The molecule has 1 unspecified atom stereocenters. The summed E-state index contributed by atoms with van der Waals surface area (Å²) in [6.07, 6.45) is 3.15. The largest absolute Gasteiger partial charge is 0.497 e. The summed E-state index contributed by atoms with van der Waals surface area (Å²) in [6, 6.07) is 18.6. The molecule has 35 heavy (non-hydrogen) atoms. The van der Waals surface area contributed by atoms with Crippen LogP contribution in [-0.4, -0.2) is 46.7 Å². The Hall–Kier alpha value is -4.00. The molecule has 0 radical (unpaired) electrons. The summed E-state index contributed by atoms with van der Waals surface area (Å²) < 4.78 is 5.28. The number of nitrogens with zero attached hydrogens (tertiary/aromatic N) is 3. The van der Waals surface area contributed by atoms with Crippen LogP contribution >= 0.6 is 0 Å². The van der Waals surface area contributed by atoms with Gasteiger partial charge in [-0.2, -0.15) is 0 Å². The molecule has 1 aromatic heterocycles. The summed E-state index contributed by atoms with van der Waals surface area (Å²) in [5.74, 6) is -0.128. The van der Waals surface area contributed by atoms with Crippen LogP contribution in [0, 0.1) is 6.92 Å². The highest BCUT2D eigenvalue weighted by Crippen LogP contribution is 2.42. The van der Waals surface area contributed by atoms with Crippen molar-refractivity contribution in [3.63, 3.8) is 0 Å². The average Bonchev–Trinajstić information content (AvgIpc) is 3.09. The third-order valence-corrected chi connectivity index (χ3v) is 6.57. The van der Waals surface area contributed by atoms with E-state index in [2.05, 4.69) is 4.98 Å². The number of amides is 3. The molecule has 0 spiro atoms. The highest BCUT2D eigenvalue weighted by molar-refractivity contribution is 6.10. The van der Waals surface area contributed by atoms with Crippen LogP contribution in [0.3, 0.4) is 0 Å². The van der Waals surface area contributed by atoms with Gasteiger partial charge >= 0.3 is 0 Å². The van der Waals surface area contributed by atoms with Crippen molar-refractivity contribution in [2.75, 3.05) is 14.2 Å². The fraction of sp³-hybridized carbons (Fsp3) is 0.286. The maximum Gasteiger partial charge on any atom is 0.241 e. The maximum absolute atomic E-state index is 13.9. The molecule has 3 aromatic rings. The predicted octanol–water partition coefficient (Wildman–Crippen LogP) is 3.64. The first kappa shape index (κ1) is 24.1. The van der Waals surface area contributed by atoms with E-state index >= 15 is 0 Å². The fourth-order valence-corrected chi connectivity index (χ4v) is 4.71. The van der Waals surface area contributed by atoms with Gasteiger partial charge in [0.05, 0.1) is 19.1 Å². The van der Waals surface area contributed by atoms with Gasteiger partial charge in [0.15, 0.2) is 0 Å². The van der Waals surface area contributed by atoms with Crippen molar-refractivity contribution in [1.82, 2.24) is 14.8 Å². The minimum atomic E-state index is -1.25. The number of aromatic nitrogens is 1. The third-order valence-electron chi connectivity index (χ3n) is 6.57. The number of hydrogen-bond acceptors (Lipinski definition) is 5. The second-order valence-electron chi connectivity index (χ2n) is 9.00. The van der Waals surface area contributed by atoms with Crippen LogP contribution in [0.5, 0.6) is 5.75 Å². The molecule has 3 amide bonds. The number of hydrogen-bond donors (Lipinski definition) is 0. The van der Waals surface area contributed by atoms with E-state index in [4.69, 9.17) is 4.74 Å². The van der Waals surface area contributed by atoms with E-state index in [1.165, 1.54) is 4.90 Å². The molecule has 1 atom stereocenters. The molecule has 1 fully saturated rings. The van der Waals surface area contributed by atoms with Crippen molar-refractivity contribution in [2.24, 2.45) is 0 Å². The number of aryl methyl sites for hydroxylation is 1. The molecular formula is C28H29N3O4. The van der Waals surface area contributed by atoms with Gasteiger partial charge in [0.2, 0.25) is 17.7 Å². The number of carbonyl (C=O) groups is 3. The van der Waals surface area contributed by atoms with Gasteiger partial charge < -0.3 is 9.64 Å². The van der Waals surface area contributed by atoms with Crippen molar-refractivity contribution in [2.45, 2.75) is 38.3 Å². The number of benzene rings is 2. The van der Waals surface area contributed by atoms with Crippen LogP contribution < -0.4 is 4.74 Å². The Bertz CT molecular complexity index is 1240. The number of likely N-dealkylation sites (tertiary alicyclic amines) is 1. The minimum Gasteiger partial charge on any atom is -0.497 e. The highest BCUT2D eigenvalue weighted by atomic mass is 16.5. The molecule has 0 saturated carbocycles. The lowest BCUT2D eigenvalue weighted by molar-refractivity contribution is -0.143. The highest BCUT2D eigenvalue weighted by Gasteiger charge is 2.54. The molecule has 2 heterocycles. The van der Waals surface area contributed by atoms with E-state index in [9.17, 15) is 14.4 Å². The van der Waals surface area contributed by atoms with Gasteiger partial charge in [0.25, 0.3) is 0 Å². The van der Waals surface area contributed by atoms with Crippen LogP contribution in [-0.2, 0) is 32.9 Å². The van der Waals surface area contributed by atoms with Gasteiger partial charge in [0, 0.05) is 38.8 Å². The van der Waals surface area contributed by atoms with Crippen LogP contribution in [0.4, 0.5) is 0 Å². The second kappa shape index (κ2) is 10.1. The van der Waals surface area contributed by atoms with Crippen LogP contribution in [0.2, 0.25) is 0 Å². The van der Waals surface area contributed by atoms with Crippen molar-refractivity contribution >= 4 is 17.7 Å². The average molecular weight is 472 g/mol. The first-order valence-electron chi connectivity index (χ1n) is 11.5. The number of pyridine rings is 1. The fourth-order valence-electron chi connectivity index (χ4n) is 4.71. The third kappa shape index (κ3) is 4.94. The van der Waals surface area contributed by atoms with E-state index in [1.807, 2.05) is 61.5 Å². The second-order valence-corrected chi connectivity index (χ2v) is 9.00. The summed E-state index contributed by atoms with van der Waals surface area (Å²) >= 11 is 0. The quantitative estimate of drug-likeness (QED) is 0.469. The molecule has 0 bridgehead atoms. The first-order chi connectivity index (χ1) is 16.8. The van der Waals surface area contributed by atoms with E-state index in [0.717, 1.165) is 22.3 Å². The zero-order chi connectivity index (χ0) is 25.0. The molecule has 2 aromatic carbocycles. The summed E-state index contributed by atoms with van der Waals surface area (Å²) in [5.41, 5.74) is 2.02. The van der Waals surface area contributed by atoms with Gasteiger partial charge in [-0.15, -0.1) is 0 Å². The summed E-state index contributed by atoms with van der Waals surface area (Å²) in [6.45, 7) is 2.40. The standard InChI is InChI=1S/C28H29N3O4/c1-20-8-4-5-12-24(20)28(15-25(32)30(2)18-21-9-6-11-23(14-21)35-3)16-26(33)31(27(28)34)19-22-10-7-13-29-17-22/h4-14,17H,15-16,18-19H2,1-3H3. The molecular weight excluding hydrogens is 442 g/mol. The lowest BCUT2D eigenvalue weighted by Crippen LogP contribution is -2.42. The lowest BCUT2D eigenvalue weighted by atomic mass is 9.74. The Morgan fingerprint density at radius 2 is 1.86 bits per heavy atom. The van der Waals surface area contributed by atoms with Gasteiger partial charge in [-0.05, 0) is 47.4 Å². The van der Waals surface area contributed by atoms with Crippen molar-refractivity contribution in [3.05, 3.63) is 95.3 Å². The van der Waals surface area contributed by atoms with Gasteiger partial charge in [-0.25, -0.2) is 0 Å². The van der Waals surface area contributed by atoms with E-state index in [1.54, 1.807) is 37.5 Å². The van der Waals surface area contributed by atoms with E-state index in [-0.39, 0.29) is 37.1 Å². The van der Waals surface area contributed by atoms with Gasteiger partial charge in [-0.3, -0.25) is 24.3 Å². The van der Waals surface area contributed by atoms with Gasteiger partial charge in [-0.1, -0.05) is 42.5 Å². The SMILES string of the molecule is COc1cccc(CN(C)C(=O)CC2(c3ccccc3C)CC(=O)N(Cc3cccnc3)C2=O)c1. The first-order valence-corrected chi connectivity index (χ1v) is 11.5. The van der Waals surface area contributed by atoms with Gasteiger partial charge in [0.1, 0.15) is 5.75 Å². The topological polar surface area (TPSA) is 79.8 Å². The minimum absolute atomic E-state index is 0.0459. The molecule has 1 aliphatic rings. The van der Waals surface area contributed by atoms with Crippen molar-refractivity contribution in [1.29, 1.82) is 0 Å². The van der Waals surface area contributed by atoms with Crippen molar-refractivity contribution < 1.29 is 19.1 Å². The Labute approximate surface area is 205 Å². The number of rotatable bonds is 8. The summed E-state index contributed by atoms with van der Waals surface area (Å²) in [5, 5.41) is 0. The van der Waals surface area contributed by atoms with Crippen molar-refractivity contribution in [3.8, 4) is 5.75 Å². The predicted molar refractivity (Wildman–Crippen MR) is 131 cm³/mol. The zero-order valence-electron chi connectivity index (χ0n) is 20.2. The molecule has 0 N–H and O–H groups in total. The molecule has 180 valence electrons. The maximum atomic E-state index is 13.9. The Morgan fingerprint density at radius 3 is 2.57 bits per heavy atom. The number of ether oxygens (including phenoxy) is 1. The smallest absolute Gasteiger partial charge is 0.241 e. The zero-order valence-corrected chi connectivity index (χ0v) is 20.2. The molecule has 7 nitrogen and oxygen atoms in total. The normalized spacial score (nSPS) is 17.5. The summed E-state index contributed by atoms with van der Waals surface area (Å²) in [7, 11) is 3.31. The molecule has 1 saturated heterocycles.